The van der Waals surface area contributed by atoms with Gasteiger partial charge < -0.3 is 9.84 Å². The molecule has 0 amide bonds. The zero-order valence-electron chi connectivity index (χ0n) is 10.2. The number of aliphatic hydroxyl groups is 1. The molecule has 0 heterocycles. The van der Waals surface area contributed by atoms with E-state index in [1.54, 1.807) is 12.1 Å². The van der Waals surface area contributed by atoms with E-state index < -0.39 is 16.1 Å². The second kappa shape index (κ2) is 6.49. The molecule has 0 saturated carbocycles. The van der Waals surface area contributed by atoms with Gasteiger partial charge in [0.1, 0.15) is 4.90 Å². The number of hydrogen-bond acceptors (Lipinski definition) is 4. The first-order valence-corrected chi connectivity index (χ1v) is 7.09. The van der Waals surface area contributed by atoms with E-state index in [4.69, 9.17) is 16.3 Å². The van der Waals surface area contributed by atoms with Gasteiger partial charge in [-0.3, -0.25) is 0 Å². The van der Waals surface area contributed by atoms with Gasteiger partial charge in [0.05, 0.1) is 17.7 Å². The number of ether oxygens (including phenoxy) is 1. The molecule has 1 unspecified atom stereocenters. The van der Waals surface area contributed by atoms with Crippen LogP contribution >= 0.6 is 11.6 Å². The first-order valence-electron chi connectivity index (χ1n) is 5.27. The van der Waals surface area contributed by atoms with Gasteiger partial charge in [0.2, 0.25) is 10.0 Å². The topological polar surface area (TPSA) is 66.8 Å². The Hall–Kier alpha value is -0.660. The number of nitrogens with zero attached hydrogens (tertiary/aromatic N) is 1. The van der Waals surface area contributed by atoms with E-state index >= 15 is 0 Å². The van der Waals surface area contributed by atoms with Gasteiger partial charge >= 0.3 is 0 Å². The van der Waals surface area contributed by atoms with Gasteiger partial charge in [0.15, 0.2) is 0 Å². The highest BCUT2D eigenvalue weighted by atomic mass is 35.5. The Morgan fingerprint density at radius 2 is 2.06 bits per heavy atom. The molecule has 1 aromatic carbocycles. The van der Waals surface area contributed by atoms with Crippen molar-refractivity contribution in [2.75, 3.05) is 27.3 Å². The van der Waals surface area contributed by atoms with Crippen LogP contribution in [0.2, 0.25) is 5.02 Å². The Labute approximate surface area is 112 Å². The first-order chi connectivity index (χ1) is 8.39. The average Bonchev–Trinajstić information content (AvgIpc) is 2.29. The number of aliphatic hydroxyl groups excluding tert-OH is 1. The molecule has 0 aliphatic carbocycles. The lowest BCUT2D eigenvalue weighted by atomic mass is 10.4. The largest absolute Gasteiger partial charge is 0.389 e. The third-order valence-electron chi connectivity index (χ3n) is 2.35. The standard InChI is InChI=1S/C11H16ClNO4S/c1-13(7-9(14)8-17-2)18(15,16)11-6-4-3-5-10(11)12/h3-6,9,14H,7-8H2,1-2H3. The van der Waals surface area contributed by atoms with E-state index in [0.717, 1.165) is 4.31 Å². The Bertz CT molecular complexity index is 492. The second-order valence-electron chi connectivity index (χ2n) is 3.83. The fourth-order valence-electron chi connectivity index (χ4n) is 1.46. The van der Waals surface area contributed by atoms with Crippen LogP contribution in [0.5, 0.6) is 0 Å². The van der Waals surface area contributed by atoms with Gasteiger partial charge in [0.25, 0.3) is 0 Å². The summed E-state index contributed by atoms with van der Waals surface area (Å²) in [7, 11) is -0.874. The maximum absolute atomic E-state index is 12.2. The highest BCUT2D eigenvalue weighted by molar-refractivity contribution is 7.89. The lowest BCUT2D eigenvalue weighted by molar-refractivity contribution is 0.0554. The van der Waals surface area contributed by atoms with Crippen molar-refractivity contribution in [3.05, 3.63) is 29.3 Å². The van der Waals surface area contributed by atoms with Crippen molar-refractivity contribution in [3.63, 3.8) is 0 Å². The number of rotatable bonds is 6. The Morgan fingerprint density at radius 1 is 1.44 bits per heavy atom. The summed E-state index contributed by atoms with van der Waals surface area (Å²) in [5, 5.41) is 9.69. The molecule has 1 atom stereocenters. The molecule has 0 aromatic heterocycles. The highest BCUT2D eigenvalue weighted by Crippen LogP contribution is 2.23. The van der Waals surface area contributed by atoms with Gasteiger partial charge in [-0.15, -0.1) is 0 Å². The lowest BCUT2D eigenvalue weighted by Gasteiger charge is -2.20. The molecule has 0 fully saturated rings. The molecule has 0 spiro atoms. The Balaban J connectivity index is 2.90. The van der Waals surface area contributed by atoms with Gasteiger partial charge in [0, 0.05) is 20.7 Å². The summed E-state index contributed by atoms with van der Waals surface area (Å²) < 4.78 is 30.2. The molecular formula is C11H16ClNO4S. The SMILES string of the molecule is COCC(O)CN(C)S(=O)(=O)c1ccccc1Cl. The van der Waals surface area contributed by atoms with E-state index in [2.05, 4.69) is 0 Å². The molecule has 102 valence electrons. The monoisotopic (exact) mass is 293 g/mol. The third kappa shape index (κ3) is 3.66. The number of likely N-dealkylation sites (N-methyl/N-ethyl adjacent to an activating group) is 1. The van der Waals surface area contributed by atoms with Crippen LogP contribution in [0.4, 0.5) is 0 Å². The van der Waals surface area contributed by atoms with Gasteiger partial charge in [-0.25, -0.2) is 8.42 Å². The lowest BCUT2D eigenvalue weighted by Crippen LogP contribution is -2.36. The second-order valence-corrected chi connectivity index (χ2v) is 6.25. The van der Waals surface area contributed by atoms with Crippen LogP contribution in [0, 0.1) is 0 Å². The molecule has 0 saturated heterocycles. The minimum atomic E-state index is -3.70. The van der Waals surface area contributed by atoms with Crippen molar-refractivity contribution in [3.8, 4) is 0 Å². The van der Waals surface area contributed by atoms with Gasteiger partial charge in [-0.05, 0) is 12.1 Å². The number of benzene rings is 1. The third-order valence-corrected chi connectivity index (χ3v) is 4.67. The molecular weight excluding hydrogens is 278 g/mol. The summed E-state index contributed by atoms with van der Waals surface area (Å²) in [6.07, 6.45) is -0.878. The fourth-order valence-corrected chi connectivity index (χ4v) is 3.16. The first kappa shape index (κ1) is 15.4. The number of halogens is 1. The minimum Gasteiger partial charge on any atom is -0.389 e. The zero-order valence-corrected chi connectivity index (χ0v) is 11.8. The number of methoxy groups -OCH3 is 1. The van der Waals surface area contributed by atoms with Crippen molar-refractivity contribution in [2.24, 2.45) is 0 Å². The maximum Gasteiger partial charge on any atom is 0.244 e. The Morgan fingerprint density at radius 3 is 2.61 bits per heavy atom. The van der Waals surface area contributed by atoms with Crippen LogP contribution in [-0.4, -0.2) is 51.2 Å². The summed E-state index contributed by atoms with van der Waals surface area (Å²) in [6.45, 7) is 0.0176. The van der Waals surface area contributed by atoms with Crippen molar-refractivity contribution in [2.45, 2.75) is 11.0 Å². The van der Waals surface area contributed by atoms with E-state index in [-0.39, 0.29) is 23.1 Å². The quantitative estimate of drug-likeness (QED) is 0.849. The summed E-state index contributed by atoms with van der Waals surface area (Å²) in [6, 6.07) is 6.18. The molecule has 1 aromatic rings. The van der Waals surface area contributed by atoms with Crippen molar-refractivity contribution in [1.82, 2.24) is 4.31 Å². The average molecular weight is 294 g/mol. The molecule has 5 nitrogen and oxygen atoms in total. The van der Waals surface area contributed by atoms with E-state index in [9.17, 15) is 13.5 Å². The van der Waals surface area contributed by atoms with Crippen molar-refractivity contribution < 1.29 is 18.3 Å². The maximum atomic E-state index is 12.2. The van der Waals surface area contributed by atoms with Crippen LogP contribution in [0.15, 0.2) is 29.2 Å². The summed E-state index contributed by atoms with van der Waals surface area (Å²) in [4.78, 5) is 0.0267. The Kier molecular flexibility index (Phi) is 5.55. The summed E-state index contributed by atoms with van der Waals surface area (Å²) in [5.74, 6) is 0. The summed E-state index contributed by atoms with van der Waals surface area (Å²) in [5.41, 5.74) is 0. The van der Waals surface area contributed by atoms with Crippen LogP contribution in [0.1, 0.15) is 0 Å². The van der Waals surface area contributed by atoms with Gasteiger partial charge in [-0.1, -0.05) is 23.7 Å². The van der Waals surface area contributed by atoms with E-state index in [0.29, 0.717) is 0 Å². The fraction of sp³-hybridized carbons (Fsp3) is 0.455. The molecule has 0 radical (unpaired) electrons. The molecule has 18 heavy (non-hydrogen) atoms. The van der Waals surface area contributed by atoms with Gasteiger partial charge in [-0.2, -0.15) is 4.31 Å². The summed E-state index contributed by atoms with van der Waals surface area (Å²) >= 11 is 5.86. The number of hydrogen-bond donors (Lipinski definition) is 1. The normalized spacial score (nSPS) is 13.8. The number of sulfonamides is 1. The molecule has 0 aliphatic heterocycles. The van der Waals surface area contributed by atoms with Crippen molar-refractivity contribution >= 4 is 21.6 Å². The molecule has 1 rings (SSSR count). The molecule has 0 bridgehead atoms. The van der Waals surface area contributed by atoms with Crippen molar-refractivity contribution in [1.29, 1.82) is 0 Å². The van der Waals surface area contributed by atoms with Crippen LogP contribution < -0.4 is 0 Å². The van der Waals surface area contributed by atoms with E-state index in [1.165, 1.54) is 26.3 Å². The zero-order chi connectivity index (χ0) is 13.8. The predicted octanol–water partition coefficient (Wildman–Crippen LogP) is 0.968. The smallest absolute Gasteiger partial charge is 0.244 e. The van der Waals surface area contributed by atoms with Crippen LogP contribution in [-0.2, 0) is 14.8 Å². The van der Waals surface area contributed by atoms with E-state index in [1.807, 2.05) is 0 Å². The molecule has 7 heteroatoms. The molecule has 0 aliphatic rings. The molecule has 1 N–H and O–H groups in total. The minimum absolute atomic E-state index is 0.0267. The van der Waals surface area contributed by atoms with Crippen LogP contribution in [0.3, 0.4) is 0 Å². The van der Waals surface area contributed by atoms with Crippen LogP contribution in [0.25, 0.3) is 0 Å². The highest BCUT2D eigenvalue weighted by Gasteiger charge is 2.24. The predicted molar refractivity (Wildman–Crippen MR) is 69.2 cm³/mol.